The first kappa shape index (κ1) is 9.14. The van der Waals surface area contributed by atoms with Gasteiger partial charge < -0.3 is 10.1 Å². The zero-order valence-corrected chi connectivity index (χ0v) is 7.77. The standard InChI is InChI=1S/C8H12N4O2/c13-12(14)8-9-5-7(10-8)6-11-3-1-2-4-11/h5H,1-4,6H2,(H,9,10). The molecule has 1 aromatic heterocycles. The van der Waals surface area contributed by atoms with Crippen LogP contribution in [0.25, 0.3) is 0 Å². The fourth-order valence-electron chi connectivity index (χ4n) is 1.70. The van der Waals surface area contributed by atoms with E-state index < -0.39 is 4.92 Å². The van der Waals surface area contributed by atoms with Crippen LogP contribution in [0.2, 0.25) is 0 Å². The van der Waals surface area contributed by atoms with E-state index in [9.17, 15) is 10.1 Å². The number of hydrogen-bond acceptors (Lipinski definition) is 4. The molecule has 0 unspecified atom stereocenters. The predicted molar refractivity (Wildman–Crippen MR) is 49.8 cm³/mol. The Morgan fingerprint density at radius 1 is 1.57 bits per heavy atom. The SMILES string of the molecule is O=[N+]([O-])c1ncc(CN2CCCC2)[nH]1. The highest BCUT2D eigenvalue weighted by atomic mass is 16.6. The fraction of sp³-hybridized carbons (Fsp3) is 0.625. The quantitative estimate of drug-likeness (QED) is 0.576. The summed E-state index contributed by atoms with van der Waals surface area (Å²) in [6, 6.07) is 0. The van der Waals surface area contributed by atoms with Crippen LogP contribution in [0.3, 0.4) is 0 Å². The highest BCUT2D eigenvalue weighted by Gasteiger charge is 2.16. The molecule has 1 N–H and O–H groups in total. The summed E-state index contributed by atoms with van der Waals surface area (Å²) >= 11 is 0. The summed E-state index contributed by atoms with van der Waals surface area (Å²) in [5, 5.41) is 10.3. The molecule has 0 aliphatic carbocycles. The van der Waals surface area contributed by atoms with Crippen LogP contribution in [-0.2, 0) is 6.54 Å². The van der Waals surface area contributed by atoms with Crippen molar-refractivity contribution in [3.8, 4) is 0 Å². The number of nitro groups is 1. The molecular formula is C8H12N4O2. The monoisotopic (exact) mass is 196 g/mol. The maximum Gasteiger partial charge on any atom is 0.432 e. The zero-order chi connectivity index (χ0) is 9.97. The minimum absolute atomic E-state index is 0.167. The lowest BCUT2D eigenvalue weighted by Gasteiger charge is -2.10. The molecule has 1 aromatic rings. The number of imidazole rings is 1. The Bertz CT molecular complexity index is 330. The number of nitrogens with zero attached hydrogens (tertiary/aromatic N) is 3. The minimum atomic E-state index is -0.506. The molecule has 14 heavy (non-hydrogen) atoms. The summed E-state index contributed by atoms with van der Waals surface area (Å²) in [4.78, 5) is 18.5. The lowest BCUT2D eigenvalue weighted by atomic mass is 10.4. The Morgan fingerprint density at radius 3 is 2.86 bits per heavy atom. The molecule has 0 atom stereocenters. The van der Waals surface area contributed by atoms with Gasteiger partial charge in [-0.05, 0) is 30.9 Å². The van der Waals surface area contributed by atoms with Gasteiger partial charge in [-0.3, -0.25) is 4.90 Å². The number of rotatable bonds is 3. The zero-order valence-electron chi connectivity index (χ0n) is 7.77. The Morgan fingerprint density at radius 2 is 2.29 bits per heavy atom. The molecule has 6 nitrogen and oxygen atoms in total. The van der Waals surface area contributed by atoms with Crippen LogP contribution in [0.1, 0.15) is 18.5 Å². The van der Waals surface area contributed by atoms with Crippen molar-refractivity contribution in [2.75, 3.05) is 13.1 Å². The van der Waals surface area contributed by atoms with Crippen molar-refractivity contribution in [3.05, 3.63) is 22.0 Å². The van der Waals surface area contributed by atoms with Crippen molar-refractivity contribution in [3.63, 3.8) is 0 Å². The summed E-state index contributed by atoms with van der Waals surface area (Å²) in [6.07, 6.45) is 3.98. The van der Waals surface area contributed by atoms with Gasteiger partial charge in [0.25, 0.3) is 0 Å². The van der Waals surface area contributed by atoms with Gasteiger partial charge in [0.15, 0.2) is 0 Å². The van der Waals surface area contributed by atoms with Crippen molar-refractivity contribution in [2.24, 2.45) is 0 Å². The van der Waals surface area contributed by atoms with Gasteiger partial charge in [0.2, 0.25) is 0 Å². The summed E-state index contributed by atoms with van der Waals surface area (Å²) in [5.41, 5.74) is 0.818. The van der Waals surface area contributed by atoms with Crippen LogP contribution < -0.4 is 0 Å². The number of nitrogens with one attached hydrogen (secondary N) is 1. The Balaban J connectivity index is 1.98. The van der Waals surface area contributed by atoms with Gasteiger partial charge in [-0.1, -0.05) is 4.98 Å². The number of H-pyrrole nitrogens is 1. The molecule has 1 aliphatic rings. The first-order valence-corrected chi connectivity index (χ1v) is 4.66. The molecule has 1 fully saturated rings. The first-order valence-electron chi connectivity index (χ1n) is 4.66. The number of hydrogen-bond donors (Lipinski definition) is 1. The van der Waals surface area contributed by atoms with E-state index in [1.807, 2.05) is 0 Å². The fourth-order valence-corrected chi connectivity index (χ4v) is 1.70. The second kappa shape index (κ2) is 3.75. The van der Waals surface area contributed by atoms with Crippen LogP contribution in [0.15, 0.2) is 6.20 Å². The van der Waals surface area contributed by atoms with Crippen LogP contribution in [-0.4, -0.2) is 32.9 Å². The third-order valence-electron chi connectivity index (χ3n) is 2.38. The van der Waals surface area contributed by atoms with E-state index in [4.69, 9.17) is 0 Å². The molecule has 0 amide bonds. The van der Waals surface area contributed by atoms with Crippen LogP contribution in [0, 0.1) is 10.1 Å². The van der Waals surface area contributed by atoms with Crippen molar-refractivity contribution in [1.82, 2.24) is 14.9 Å². The molecule has 1 saturated heterocycles. The minimum Gasteiger partial charge on any atom is -0.390 e. The predicted octanol–water partition coefficient (Wildman–Crippen LogP) is 0.914. The summed E-state index contributed by atoms with van der Waals surface area (Å²) in [7, 11) is 0. The van der Waals surface area contributed by atoms with Crippen molar-refractivity contribution >= 4 is 5.95 Å². The van der Waals surface area contributed by atoms with Gasteiger partial charge in [-0.15, -0.1) is 0 Å². The second-order valence-electron chi connectivity index (χ2n) is 3.47. The molecular weight excluding hydrogens is 184 g/mol. The third-order valence-corrected chi connectivity index (χ3v) is 2.38. The van der Waals surface area contributed by atoms with E-state index in [-0.39, 0.29) is 5.95 Å². The van der Waals surface area contributed by atoms with Crippen LogP contribution in [0.5, 0.6) is 0 Å². The third kappa shape index (κ3) is 1.90. The second-order valence-corrected chi connectivity index (χ2v) is 3.47. The molecule has 0 saturated carbocycles. The van der Waals surface area contributed by atoms with E-state index in [0.717, 1.165) is 25.3 Å². The van der Waals surface area contributed by atoms with Crippen LogP contribution >= 0.6 is 0 Å². The molecule has 0 radical (unpaired) electrons. The highest BCUT2D eigenvalue weighted by Crippen LogP contribution is 2.12. The molecule has 2 heterocycles. The molecule has 76 valence electrons. The molecule has 0 aromatic carbocycles. The van der Waals surface area contributed by atoms with E-state index in [1.54, 1.807) is 0 Å². The average molecular weight is 196 g/mol. The lowest BCUT2D eigenvalue weighted by Crippen LogP contribution is -2.18. The van der Waals surface area contributed by atoms with Crippen molar-refractivity contribution in [2.45, 2.75) is 19.4 Å². The van der Waals surface area contributed by atoms with Crippen molar-refractivity contribution in [1.29, 1.82) is 0 Å². The smallest absolute Gasteiger partial charge is 0.390 e. The number of aromatic nitrogens is 2. The summed E-state index contributed by atoms with van der Waals surface area (Å²) < 4.78 is 0. The van der Waals surface area contributed by atoms with E-state index in [2.05, 4.69) is 14.9 Å². The van der Waals surface area contributed by atoms with Gasteiger partial charge in [0.1, 0.15) is 11.9 Å². The van der Waals surface area contributed by atoms with Gasteiger partial charge in [0.05, 0.1) is 6.54 Å². The maximum absolute atomic E-state index is 10.3. The maximum atomic E-state index is 10.3. The van der Waals surface area contributed by atoms with E-state index in [1.165, 1.54) is 19.0 Å². The molecule has 1 aliphatic heterocycles. The normalized spacial score (nSPS) is 17.4. The Kier molecular flexibility index (Phi) is 2.45. The Hall–Kier alpha value is -1.43. The molecule has 6 heteroatoms. The van der Waals surface area contributed by atoms with Gasteiger partial charge in [0, 0.05) is 0 Å². The molecule has 0 spiro atoms. The van der Waals surface area contributed by atoms with E-state index in [0.29, 0.717) is 0 Å². The van der Waals surface area contributed by atoms with Crippen LogP contribution in [0.4, 0.5) is 5.95 Å². The topological polar surface area (TPSA) is 75.1 Å². The summed E-state index contributed by atoms with van der Waals surface area (Å²) in [5.74, 6) is -0.167. The molecule has 2 rings (SSSR count). The van der Waals surface area contributed by atoms with E-state index >= 15 is 0 Å². The highest BCUT2D eigenvalue weighted by molar-refractivity contribution is 5.10. The number of likely N-dealkylation sites (tertiary alicyclic amines) is 1. The van der Waals surface area contributed by atoms with Gasteiger partial charge in [-0.2, -0.15) is 0 Å². The van der Waals surface area contributed by atoms with Crippen molar-refractivity contribution < 1.29 is 4.92 Å². The van der Waals surface area contributed by atoms with Gasteiger partial charge in [-0.25, -0.2) is 4.98 Å². The largest absolute Gasteiger partial charge is 0.432 e. The molecule has 0 bridgehead atoms. The summed E-state index contributed by atoms with van der Waals surface area (Å²) in [6.45, 7) is 2.89. The van der Waals surface area contributed by atoms with Gasteiger partial charge >= 0.3 is 5.95 Å². The number of aromatic amines is 1. The first-order chi connectivity index (χ1) is 6.75. The Labute approximate surface area is 81.1 Å². The average Bonchev–Trinajstić information content (AvgIpc) is 2.75. The lowest BCUT2D eigenvalue weighted by molar-refractivity contribution is -0.393.